The molecule has 0 unspecified atom stereocenters. The maximum absolute atomic E-state index is 12.9. The first kappa shape index (κ1) is 23.7. The van der Waals surface area contributed by atoms with Crippen molar-refractivity contribution >= 4 is 68.2 Å². The zero-order valence-electron chi connectivity index (χ0n) is 18.0. The molecule has 2 heterocycles. The van der Waals surface area contributed by atoms with Crippen LogP contribution in [0.4, 0.5) is 5.69 Å². The van der Waals surface area contributed by atoms with E-state index in [0.29, 0.717) is 22.7 Å². The summed E-state index contributed by atoms with van der Waals surface area (Å²) in [6, 6.07) is 11.9. The van der Waals surface area contributed by atoms with Gasteiger partial charge in [0, 0.05) is 18.3 Å². The first-order valence-electron chi connectivity index (χ1n) is 10.00. The van der Waals surface area contributed by atoms with Crippen molar-refractivity contribution in [2.75, 3.05) is 5.32 Å². The number of nitrogens with one attached hydrogen (secondary N) is 2. The number of fused-ring (bicyclic) bond motifs is 1. The Balaban J connectivity index is 1.83. The summed E-state index contributed by atoms with van der Waals surface area (Å²) in [5.74, 6) is -1.79. The number of halogens is 2. The van der Waals surface area contributed by atoms with Gasteiger partial charge >= 0.3 is 5.97 Å². The normalized spacial score (nSPS) is 11.7. The average Bonchev–Trinajstić information content (AvgIpc) is 3.24. The molecule has 0 fully saturated rings. The van der Waals surface area contributed by atoms with Crippen LogP contribution in [0.2, 0.25) is 10.0 Å². The van der Waals surface area contributed by atoms with Crippen molar-refractivity contribution in [3.05, 3.63) is 79.8 Å². The van der Waals surface area contributed by atoms with Crippen LogP contribution in [0, 0.1) is 6.92 Å². The summed E-state index contributed by atoms with van der Waals surface area (Å²) in [5.41, 5.74) is 3.07. The molecule has 8 nitrogen and oxygen atoms in total. The van der Waals surface area contributed by atoms with E-state index in [1.165, 1.54) is 30.4 Å². The van der Waals surface area contributed by atoms with Crippen molar-refractivity contribution in [1.82, 2.24) is 9.55 Å². The van der Waals surface area contributed by atoms with Crippen molar-refractivity contribution < 1.29 is 19.5 Å². The molecule has 3 N–H and O–H groups in total. The van der Waals surface area contributed by atoms with Crippen molar-refractivity contribution in [1.29, 1.82) is 0 Å². The zero-order valence-corrected chi connectivity index (χ0v) is 20.3. The number of carboxylic acid groups (broad SMARTS) is 1. The van der Waals surface area contributed by atoms with E-state index in [4.69, 9.17) is 28.3 Å². The number of aromatic amines is 1. The van der Waals surface area contributed by atoms with Crippen LogP contribution >= 0.6 is 34.5 Å². The summed E-state index contributed by atoms with van der Waals surface area (Å²) >= 11 is 13.6. The average molecular weight is 517 g/mol. The van der Waals surface area contributed by atoms with Crippen LogP contribution in [0.15, 0.2) is 47.5 Å². The molecule has 2 aromatic heterocycles. The fourth-order valence-electron chi connectivity index (χ4n) is 3.39. The molecule has 0 aliphatic heterocycles. The third-order valence-corrected chi connectivity index (χ3v) is 7.00. The standard InChI is InChI=1S/C23H18Cl2N4O4S/c1-11-18(24)19(25)20(26-11)21(31)28-23-29(10-13-3-5-14(6-4-13)22(32)33)16-8-7-15(27-12(2)30)9-17(16)34-23/h3-9,26H,10H2,1-2H3,(H,27,30)(H,32,33). The van der Waals surface area contributed by atoms with E-state index < -0.39 is 11.9 Å². The number of thiazole rings is 1. The van der Waals surface area contributed by atoms with Gasteiger partial charge < -0.3 is 20.0 Å². The van der Waals surface area contributed by atoms with Crippen LogP contribution in [0.5, 0.6) is 0 Å². The molecular formula is C23H18Cl2N4O4S. The monoisotopic (exact) mass is 516 g/mol. The van der Waals surface area contributed by atoms with Gasteiger partial charge in [-0.2, -0.15) is 4.99 Å². The second-order valence-corrected chi connectivity index (χ2v) is 9.27. The van der Waals surface area contributed by atoms with Gasteiger partial charge in [0.1, 0.15) is 5.69 Å². The fourth-order valence-corrected chi connectivity index (χ4v) is 4.87. The Morgan fingerprint density at radius 3 is 2.41 bits per heavy atom. The molecule has 0 spiro atoms. The van der Waals surface area contributed by atoms with E-state index in [1.54, 1.807) is 31.2 Å². The van der Waals surface area contributed by atoms with Gasteiger partial charge in [-0.3, -0.25) is 9.59 Å². The van der Waals surface area contributed by atoms with E-state index in [9.17, 15) is 14.4 Å². The highest BCUT2D eigenvalue weighted by molar-refractivity contribution is 7.16. The molecule has 0 saturated heterocycles. The third-order valence-electron chi connectivity index (χ3n) is 5.01. The SMILES string of the molecule is CC(=O)Nc1ccc2c(c1)sc(=NC(=O)c1[nH]c(C)c(Cl)c1Cl)n2Cc1ccc(C(=O)O)cc1. The van der Waals surface area contributed by atoms with E-state index in [2.05, 4.69) is 15.3 Å². The lowest BCUT2D eigenvalue weighted by Gasteiger charge is -2.07. The second kappa shape index (κ2) is 9.46. The lowest BCUT2D eigenvalue weighted by molar-refractivity contribution is -0.114. The predicted octanol–water partition coefficient (Wildman–Crippen LogP) is 5.09. The molecule has 0 saturated carbocycles. The number of carboxylic acids is 1. The number of anilines is 1. The maximum Gasteiger partial charge on any atom is 0.335 e. The Labute approximate surface area is 207 Å². The molecule has 2 amide bonds. The number of carbonyl (C=O) groups excluding carboxylic acids is 2. The Bertz CT molecular complexity index is 1520. The van der Waals surface area contributed by atoms with E-state index in [0.717, 1.165) is 15.8 Å². The molecule has 4 rings (SSSR count). The van der Waals surface area contributed by atoms with Gasteiger partial charge in [-0.1, -0.05) is 46.7 Å². The first-order valence-corrected chi connectivity index (χ1v) is 11.6. The molecule has 0 aliphatic rings. The van der Waals surface area contributed by atoms with Gasteiger partial charge in [0.15, 0.2) is 4.80 Å². The van der Waals surface area contributed by atoms with Gasteiger partial charge in [-0.25, -0.2) is 4.79 Å². The van der Waals surface area contributed by atoms with Crippen molar-refractivity contribution in [3.8, 4) is 0 Å². The number of amides is 2. The van der Waals surface area contributed by atoms with E-state index in [1.807, 2.05) is 10.6 Å². The summed E-state index contributed by atoms with van der Waals surface area (Å²) in [7, 11) is 0. The highest BCUT2D eigenvalue weighted by atomic mass is 35.5. The van der Waals surface area contributed by atoms with Crippen LogP contribution in [-0.4, -0.2) is 32.4 Å². The predicted molar refractivity (Wildman–Crippen MR) is 132 cm³/mol. The number of aromatic nitrogens is 2. The molecule has 34 heavy (non-hydrogen) atoms. The van der Waals surface area contributed by atoms with Gasteiger partial charge in [0.2, 0.25) is 5.91 Å². The minimum atomic E-state index is -1.01. The molecule has 11 heteroatoms. The number of carbonyl (C=O) groups is 3. The first-order chi connectivity index (χ1) is 16.1. The third kappa shape index (κ3) is 4.77. The van der Waals surface area contributed by atoms with Crippen LogP contribution in [0.25, 0.3) is 10.2 Å². The molecular weight excluding hydrogens is 499 g/mol. The van der Waals surface area contributed by atoms with Crippen molar-refractivity contribution in [2.24, 2.45) is 4.99 Å². The van der Waals surface area contributed by atoms with Crippen molar-refractivity contribution in [2.45, 2.75) is 20.4 Å². The molecule has 174 valence electrons. The number of nitrogens with zero attached hydrogens (tertiary/aromatic N) is 2. The zero-order chi connectivity index (χ0) is 24.6. The lowest BCUT2D eigenvalue weighted by atomic mass is 10.1. The number of benzene rings is 2. The summed E-state index contributed by atoms with van der Waals surface area (Å²) in [6.45, 7) is 3.46. The van der Waals surface area contributed by atoms with Gasteiger partial charge in [-0.15, -0.1) is 0 Å². The van der Waals surface area contributed by atoms with Crippen LogP contribution in [-0.2, 0) is 11.3 Å². The molecule has 0 aliphatic carbocycles. The van der Waals surface area contributed by atoms with Crippen LogP contribution in [0.3, 0.4) is 0 Å². The lowest BCUT2D eigenvalue weighted by Crippen LogP contribution is -2.18. The number of rotatable bonds is 5. The summed E-state index contributed by atoms with van der Waals surface area (Å²) < 4.78 is 2.64. The van der Waals surface area contributed by atoms with E-state index in [-0.39, 0.29) is 27.2 Å². The highest BCUT2D eigenvalue weighted by Gasteiger charge is 2.18. The largest absolute Gasteiger partial charge is 0.478 e. The molecule has 0 bridgehead atoms. The Kier molecular flexibility index (Phi) is 6.60. The summed E-state index contributed by atoms with van der Waals surface area (Å²) in [5, 5.41) is 12.3. The topological polar surface area (TPSA) is 117 Å². The number of hydrogen-bond acceptors (Lipinski definition) is 4. The quantitative estimate of drug-likeness (QED) is 0.342. The van der Waals surface area contributed by atoms with Crippen LogP contribution in [0.1, 0.15) is 39.0 Å². The number of H-pyrrole nitrogens is 1. The Hall–Kier alpha value is -3.40. The Morgan fingerprint density at radius 1 is 1.12 bits per heavy atom. The van der Waals surface area contributed by atoms with Gasteiger partial charge in [-0.05, 0) is 42.8 Å². The number of aromatic carboxylic acids is 1. The minimum absolute atomic E-state index is 0.0953. The molecule has 4 aromatic rings. The summed E-state index contributed by atoms with van der Waals surface area (Å²) in [4.78, 5) is 43.1. The molecule has 0 radical (unpaired) electrons. The summed E-state index contributed by atoms with van der Waals surface area (Å²) in [6.07, 6.45) is 0. The van der Waals surface area contributed by atoms with Gasteiger partial charge in [0.05, 0.1) is 32.4 Å². The van der Waals surface area contributed by atoms with E-state index >= 15 is 0 Å². The number of aryl methyl sites for hydroxylation is 1. The van der Waals surface area contributed by atoms with Crippen molar-refractivity contribution in [3.63, 3.8) is 0 Å². The molecule has 2 aromatic carbocycles. The Morgan fingerprint density at radius 2 is 1.82 bits per heavy atom. The maximum atomic E-state index is 12.9. The molecule has 0 atom stereocenters. The fraction of sp³-hybridized carbons (Fsp3) is 0.130. The second-order valence-electron chi connectivity index (χ2n) is 7.51. The van der Waals surface area contributed by atoms with Gasteiger partial charge in [0.25, 0.3) is 5.91 Å². The smallest absolute Gasteiger partial charge is 0.335 e. The number of hydrogen-bond donors (Lipinski definition) is 3. The van der Waals surface area contributed by atoms with Crippen LogP contribution < -0.4 is 10.1 Å². The highest BCUT2D eigenvalue weighted by Crippen LogP contribution is 2.29. The minimum Gasteiger partial charge on any atom is -0.478 e.